The average molecular weight is 265 g/mol. The molecule has 0 spiro atoms. The molecular weight excluding hydrogens is 241 g/mol. The van der Waals surface area contributed by atoms with Gasteiger partial charge >= 0.3 is 0 Å². The highest BCUT2D eigenvalue weighted by molar-refractivity contribution is 5.49. The second kappa shape index (κ2) is 6.35. The number of nitrogens with one attached hydrogen (secondary N) is 1. The normalized spacial score (nSPS) is 25.4. The smallest absolute Gasteiger partial charge is 0.125 e. The summed E-state index contributed by atoms with van der Waals surface area (Å²) in [6, 6.07) is 7.74. The topological polar surface area (TPSA) is 18.5 Å². The molecule has 0 bridgehead atoms. The van der Waals surface area contributed by atoms with Crippen LogP contribution in [-0.2, 0) is 0 Å². The molecule has 106 valence electrons. The summed E-state index contributed by atoms with van der Waals surface area (Å²) < 4.78 is 13.5. The number of rotatable bonds is 3. The standard InChI is InChI=1S/C15H24FN3/c1-12-7-8-18(3)11-15(10-17-2)19(12)14-6-4-5-13(16)9-14/h4-6,9,12,15,17H,7-8,10-11H2,1-3H3. The van der Waals surface area contributed by atoms with Gasteiger partial charge in [-0.1, -0.05) is 6.07 Å². The summed E-state index contributed by atoms with van der Waals surface area (Å²) in [4.78, 5) is 4.72. The Morgan fingerprint density at radius 3 is 2.89 bits per heavy atom. The van der Waals surface area contributed by atoms with Gasteiger partial charge in [0.1, 0.15) is 5.82 Å². The zero-order valence-electron chi connectivity index (χ0n) is 12.1. The lowest BCUT2D eigenvalue weighted by Gasteiger charge is -2.37. The molecule has 1 aromatic rings. The van der Waals surface area contributed by atoms with E-state index in [0.717, 1.165) is 31.7 Å². The average Bonchev–Trinajstić information content (AvgIpc) is 2.49. The maximum Gasteiger partial charge on any atom is 0.125 e. The van der Waals surface area contributed by atoms with E-state index in [2.05, 4.69) is 29.1 Å². The van der Waals surface area contributed by atoms with Gasteiger partial charge in [-0.25, -0.2) is 4.39 Å². The number of hydrogen-bond donors (Lipinski definition) is 1. The maximum absolute atomic E-state index is 13.5. The molecule has 0 aromatic heterocycles. The molecule has 0 radical (unpaired) electrons. The summed E-state index contributed by atoms with van der Waals surface area (Å²) in [7, 11) is 4.13. The molecule has 1 aliphatic rings. The largest absolute Gasteiger partial charge is 0.363 e. The van der Waals surface area contributed by atoms with Crippen molar-refractivity contribution in [3.05, 3.63) is 30.1 Å². The molecule has 0 amide bonds. The third kappa shape index (κ3) is 3.45. The lowest BCUT2D eigenvalue weighted by Crippen LogP contribution is -2.49. The van der Waals surface area contributed by atoms with Gasteiger partial charge in [0, 0.05) is 24.8 Å². The van der Waals surface area contributed by atoms with Gasteiger partial charge in [0.05, 0.1) is 6.04 Å². The third-order valence-electron chi connectivity index (χ3n) is 3.87. The van der Waals surface area contributed by atoms with Crippen molar-refractivity contribution >= 4 is 5.69 Å². The van der Waals surface area contributed by atoms with Crippen molar-refractivity contribution in [2.45, 2.75) is 25.4 Å². The molecule has 1 aliphatic heterocycles. The van der Waals surface area contributed by atoms with Crippen molar-refractivity contribution in [1.82, 2.24) is 10.2 Å². The van der Waals surface area contributed by atoms with Crippen LogP contribution in [0.15, 0.2) is 24.3 Å². The third-order valence-corrected chi connectivity index (χ3v) is 3.87. The summed E-state index contributed by atoms with van der Waals surface area (Å²) in [6.45, 7) is 5.23. The fourth-order valence-corrected chi connectivity index (χ4v) is 2.95. The Kier molecular flexibility index (Phi) is 4.77. The van der Waals surface area contributed by atoms with Crippen LogP contribution < -0.4 is 10.2 Å². The number of halogens is 1. The van der Waals surface area contributed by atoms with E-state index >= 15 is 0 Å². The van der Waals surface area contributed by atoms with Crippen LogP contribution in [0.25, 0.3) is 0 Å². The summed E-state index contributed by atoms with van der Waals surface area (Å²) >= 11 is 0. The second-order valence-corrected chi connectivity index (χ2v) is 5.50. The lowest BCUT2D eigenvalue weighted by atomic mass is 10.1. The molecule has 1 aromatic carbocycles. The first-order valence-corrected chi connectivity index (χ1v) is 6.99. The second-order valence-electron chi connectivity index (χ2n) is 5.50. The van der Waals surface area contributed by atoms with E-state index in [1.807, 2.05) is 13.1 Å². The van der Waals surface area contributed by atoms with E-state index in [1.54, 1.807) is 12.1 Å². The highest BCUT2D eigenvalue weighted by atomic mass is 19.1. The minimum Gasteiger partial charge on any atom is -0.363 e. The Hall–Kier alpha value is -1.13. The molecule has 0 saturated carbocycles. The molecule has 2 atom stereocenters. The van der Waals surface area contributed by atoms with Gasteiger partial charge in [0.15, 0.2) is 0 Å². The molecule has 2 rings (SSSR count). The van der Waals surface area contributed by atoms with Crippen LogP contribution in [0.3, 0.4) is 0 Å². The lowest BCUT2D eigenvalue weighted by molar-refractivity contribution is 0.328. The number of likely N-dealkylation sites (N-methyl/N-ethyl adjacent to an activating group) is 2. The minimum absolute atomic E-state index is 0.162. The number of anilines is 1. The first kappa shape index (κ1) is 14.3. The van der Waals surface area contributed by atoms with E-state index in [1.165, 1.54) is 6.07 Å². The number of nitrogens with zero attached hydrogens (tertiary/aromatic N) is 2. The predicted octanol–water partition coefficient (Wildman–Crippen LogP) is 1.94. The van der Waals surface area contributed by atoms with Crippen molar-refractivity contribution in [3.8, 4) is 0 Å². The molecule has 3 nitrogen and oxygen atoms in total. The van der Waals surface area contributed by atoms with Gasteiger partial charge in [-0.05, 0) is 52.2 Å². The molecule has 1 heterocycles. The van der Waals surface area contributed by atoms with Crippen LogP contribution in [0.1, 0.15) is 13.3 Å². The summed E-state index contributed by atoms with van der Waals surface area (Å²) in [5.74, 6) is -0.162. The Bertz CT molecular complexity index is 410. The molecule has 0 aliphatic carbocycles. The monoisotopic (exact) mass is 265 g/mol. The van der Waals surface area contributed by atoms with E-state index in [-0.39, 0.29) is 5.82 Å². The highest BCUT2D eigenvalue weighted by Crippen LogP contribution is 2.25. The van der Waals surface area contributed by atoms with Gasteiger partial charge in [0.25, 0.3) is 0 Å². The van der Waals surface area contributed by atoms with Crippen molar-refractivity contribution in [1.29, 1.82) is 0 Å². The fourth-order valence-electron chi connectivity index (χ4n) is 2.95. The summed E-state index contributed by atoms with van der Waals surface area (Å²) in [6.07, 6.45) is 1.10. The zero-order valence-corrected chi connectivity index (χ0v) is 12.1. The summed E-state index contributed by atoms with van der Waals surface area (Å²) in [5.41, 5.74) is 0.989. The van der Waals surface area contributed by atoms with Gasteiger partial charge < -0.3 is 15.1 Å². The van der Waals surface area contributed by atoms with Gasteiger partial charge in [0.2, 0.25) is 0 Å². The summed E-state index contributed by atoms with van der Waals surface area (Å²) in [5, 5.41) is 3.26. The van der Waals surface area contributed by atoms with Crippen molar-refractivity contribution in [3.63, 3.8) is 0 Å². The van der Waals surface area contributed by atoms with Crippen LogP contribution in [0.2, 0.25) is 0 Å². The van der Waals surface area contributed by atoms with E-state index in [4.69, 9.17) is 0 Å². The first-order valence-electron chi connectivity index (χ1n) is 6.99. The van der Waals surface area contributed by atoms with E-state index in [0.29, 0.717) is 12.1 Å². The molecule has 19 heavy (non-hydrogen) atoms. The van der Waals surface area contributed by atoms with E-state index in [9.17, 15) is 4.39 Å². The minimum atomic E-state index is -0.162. The fraction of sp³-hybridized carbons (Fsp3) is 0.600. The van der Waals surface area contributed by atoms with Crippen LogP contribution in [0, 0.1) is 5.82 Å². The van der Waals surface area contributed by atoms with Crippen LogP contribution in [0.4, 0.5) is 10.1 Å². The van der Waals surface area contributed by atoms with Crippen molar-refractivity contribution in [2.75, 3.05) is 38.6 Å². The molecule has 1 N–H and O–H groups in total. The Labute approximate surface area is 115 Å². The first-order chi connectivity index (χ1) is 9.11. The number of hydrogen-bond acceptors (Lipinski definition) is 3. The molecular formula is C15H24FN3. The quantitative estimate of drug-likeness (QED) is 0.901. The Morgan fingerprint density at radius 1 is 1.42 bits per heavy atom. The van der Waals surface area contributed by atoms with Crippen LogP contribution in [0.5, 0.6) is 0 Å². The van der Waals surface area contributed by atoms with E-state index < -0.39 is 0 Å². The Balaban J connectivity index is 2.30. The molecule has 2 unspecified atom stereocenters. The zero-order chi connectivity index (χ0) is 13.8. The Morgan fingerprint density at radius 2 is 2.21 bits per heavy atom. The SMILES string of the molecule is CNCC1CN(C)CCC(C)N1c1cccc(F)c1. The predicted molar refractivity (Wildman–Crippen MR) is 78.2 cm³/mol. The van der Waals surface area contributed by atoms with Crippen molar-refractivity contribution < 1.29 is 4.39 Å². The molecule has 1 fully saturated rings. The van der Waals surface area contributed by atoms with Crippen molar-refractivity contribution in [2.24, 2.45) is 0 Å². The molecule has 1 saturated heterocycles. The molecule has 4 heteroatoms. The van der Waals surface area contributed by atoms with Gasteiger partial charge in [-0.2, -0.15) is 0 Å². The van der Waals surface area contributed by atoms with Crippen LogP contribution in [-0.4, -0.2) is 50.7 Å². The number of benzene rings is 1. The van der Waals surface area contributed by atoms with Crippen LogP contribution >= 0.6 is 0 Å². The van der Waals surface area contributed by atoms with Gasteiger partial charge in [-0.3, -0.25) is 0 Å². The maximum atomic E-state index is 13.5. The highest BCUT2D eigenvalue weighted by Gasteiger charge is 2.28. The van der Waals surface area contributed by atoms with Gasteiger partial charge in [-0.15, -0.1) is 0 Å².